The molecular formula is C28H32N4O3. The fraction of sp³-hybridized carbons (Fsp3) is 0.286. The molecule has 0 saturated heterocycles. The lowest BCUT2D eigenvalue weighted by Gasteiger charge is -2.17. The summed E-state index contributed by atoms with van der Waals surface area (Å²) in [6, 6.07) is 15.7. The molecule has 1 N–H and O–H groups in total. The Hall–Kier alpha value is -3.68. The average Bonchev–Trinajstić information content (AvgIpc) is 3.14. The van der Waals surface area contributed by atoms with E-state index >= 15 is 0 Å². The Balaban J connectivity index is 2.21. The molecule has 35 heavy (non-hydrogen) atoms. The van der Waals surface area contributed by atoms with Crippen molar-refractivity contribution < 1.29 is 14.6 Å². The molecule has 7 nitrogen and oxygen atoms in total. The molecule has 0 bridgehead atoms. The highest BCUT2D eigenvalue weighted by Crippen LogP contribution is 2.43. The first-order chi connectivity index (χ1) is 16.8. The number of esters is 1. The lowest BCUT2D eigenvalue weighted by molar-refractivity contribution is 0.0526. The number of pyridine rings is 1. The number of nitrogens with zero attached hydrogens (tertiary/aromatic N) is 4. The van der Waals surface area contributed by atoms with E-state index in [1.807, 2.05) is 86.5 Å². The van der Waals surface area contributed by atoms with E-state index in [2.05, 4.69) is 9.55 Å². The van der Waals surface area contributed by atoms with Crippen LogP contribution in [0.15, 0.2) is 60.9 Å². The molecule has 2 aromatic carbocycles. The van der Waals surface area contributed by atoms with Crippen LogP contribution in [0.2, 0.25) is 0 Å². The largest absolute Gasteiger partial charge is 0.507 e. The number of hydrogen-bond donors (Lipinski definition) is 1. The SMILES string of the molecule is CCOC(=O)c1c(CN(C)C)n(-c2ccccc2)c2cc(-c3cccnc3)c(O)c(CN(C)C)c12. The number of phenolic OH excluding ortho intramolecular Hbond substituents is 1. The van der Waals surface area contributed by atoms with Crippen molar-refractivity contribution in [3.63, 3.8) is 0 Å². The molecule has 0 fully saturated rings. The predicted molar refractivity (Wildman–Crippen MR) is 139 cm³/mol. The first-order valence-electron chi connectivity index (χ1n) is 11.7. The minimum Gasteiger partial charge on any atom is -0.507 e. The Morgan fingerprint density at radius 2 is 1.74 bits per heavy atom. The zero-order valence-corrected chi connectivity index (χ0v) is 20.9. The monoisotopic (exact) mass is 472 g/mol. The van der Waals surface area contributed by atoms with Crippen LogP contribution in [0.25, 0.3) is 27.7 Å². The van der Waals surface area contributed by atoms with Gasteiger partial charge in [-0.2, -0.15) is 0 Å². The van der Waals surface area contributed by atoms with Crippen LogP contribution in [0.4, 0.5) is 0 Å². The summed E-state index contributed by atoms with van der Waals surface area (Å²) in [5.74, 6) is -0.246. The lowest BCUT2D eigenvalue weighted by atomic mass is 9.96. The summed E-state index contributed by atoms with van der Waals surface area (Å²) in [7, 11) is 7.84. The summed E-state index contributed by atoms with van der Waals surface area (Å²) < 4.78 is 7.66. The number of benzene rings is 2. The normalized spacial score (nSPS) is 11.5. The van der Waals surface area contributed by atoms with Crippen LogP contribution in [0.5, 0.6) is 5.75 Å². The van der Waals surface area contributed by atoms with E-state index in [9.17, 15) is 9.90 Å². The maximum absolute atomic E-state index is 13.5. The Morgan fingerprint density at radius 1 is 1.03 bits per heavy atom. The van der Waals surface area contributed by atoms with Gasteiger partial charge in [-0.15, -0.1) is 0 Å². The van der Waals surface area contributed by atoms with Crippen LogP contribution < -0.4 is 0 Å². The van der Waals surface area contributed by atoms with Gasteiger partial charge in [-0.05, 0) is 59.4 Å². The van der Waals surface area contributed by atoms with E-state index in [-0.39, 0.29) is 12.4 Å². The molecule has 0 aliphatic rings. The zero-order valence-electron chi connectivity index (χ0n) is 20.9. The number of carbonyl (C=O) groups excluding carboxylic acids is 1. The number of ether oxygens (including phenoxy) is 1. The van der Waals surface area contributed by atoms with E-state index in [0.29, 0.717) is 35.2 Å². The molecule has 182 valence electrons. The van der Waals surface area contributed by atoms with Crippen LogP contribution in [-0.4, -0.2) is 65.2 Å². The molecule has 2 aromatic heterocycles. The quantitative estimate of drug-likeness (QED) is 0.375. The van der Waals surface area contributed by atoms with Crippen LogP contribution in [0.3, 0.4) is 0 Å². The van der Waals surface area contributed by atoms with Gasteiger partial charge in [0.05, 0.1) is 23.4 Å². The molecule has 0 saturated carbocycles. The Bertz CT molecular complexity index is 1330. The lowest BCUT2D eigenvalue weighted by Crippen LogP contribution is -2.18. The number of carbonyl (C=O) groups is 1. The fourth-order valence-corrected chi connectivity index (χ4v) is 4.53. The summed E-state index contributed by atoms with van der Waals surface area (Å²) >= 11 is 0. The molecule has 2 heterocycles. The average molecular weight is 473 g/mol. The van der Waals surface area contributed by atoms with Gasteiger partial charge in [0.2, 0.25) is 0 Å². The van der Waals surface area contributed by atoms with Crippen molar-refractivity contribution in [3.8, 4) is 22.6 Å². The third-order valence-electron chi connectivity index (χ3n) is 5.84. The van der Waals surface area contributed by atoms with Gasteiger partial charge in [-0.1, -0.05) is 24.3 Å². The number of para-hydroxylation sites is 1. The van der Waals surface area contributed by atoms with Gasteiger partial charge in [-0.3, -0.25) is 4.98 Å². The van der Waals surface area contributed by atoms with Gasteiger partial charge in [0.15, 0.2) is 0 Å². The molecule has 0 radical (unpaired) electrons. The van der Waals surface area contributed by atoms with Gasteiger partial charge in [0.25, 0.3) is 0 Å². The van der Waals surface area contributed by atoms with Gasteiger partial charge in [0.1, 0.15) is 5.75 Å². The smallest absolute Gasteiger partial charge is 0.340 e. The predicted octanol–water partition coefficient (Wildman–Crippen LogP) is 4.70. The molecular weight excluding hydrogens is 440 g/mol. The summed E-state index contributed by atoms with van der Waals surface area (Å²) in [5.41, 5.74) is 5.24. The second-order valence-corrected chi connectivity index (χ2v) is 9.08. The number of hydrogen-bond acceptors (Lipinski definition) is 6. The van der Waals surface area contributed by atoms with Crippen molar-refractivity contribution >= 4 is 16.9 Å². The third-order valence-corrected chi connectivity index (χ3v) is 5.84. The molecule has 0 atom stereocenters. The third kappa shape index (κ3) is 4.78. The zero-order chi connectivity index (χ0) is 25.1. The second-order valence-electron chi connectivity index (χ2n) is 9.08. The van der Waals surface area contributed by atoms with E-state index in [4.69, 9.17) is 4.74 Å². The molecule has 4 rings (SSSR count). The van der Waals surface area contributed by atoms with Crippen molar-refractivity contribution in [2.24, 2.45) is 0 Å². The highest BCUT2D eigenvalue weighted by Gasteiger charge is 2.29. The second kappa shape index (κ2) is 10.3. The first kappa shape index (κ1) is 24.4. The molecule has 4 aromatic rings. The van der Waals surface area contributed by atoms with E-state index < -0.39 is 5.97 Å². The van der Waals surface area contributed by atoms with Crippen LogP contribution in [0.1, 0.15) is 28.5 Å². The molecule has 0 spiro atoms. The number of phenols is 1. The minimum absolute atomic E-state index is 0.145. The maximum Gasteiger partial charge on any atom is 0.340 e. The van der Waals surface area contributed by atoms with E-state index in [0.717, 1.165) is 22.5 Å². The van der Waals surface area contributed by atoms with E-state index in [1.165, 1.54) is 0 Å². The Morgan fingerprint density at radius 3 is 2.34 bits per heavy atom. The minimum atomic E-state index is -0.391. The van der Waals surface area contributed by atoms with Gasteiger partial charge >= 0.3 is 5.97 Å². The van der Waals surface area contributed by atoms with Crippen LogP contribution >= 0.6 is 0 Å². The number of aromatic nitrogens is 2. The molecule has 0 unspecified atom stereocenters. The first-order valence-corrected chi connectivity index (χ1v) is 11.7. The van der Waals surface area contributed by atoms with E-state index in [1.54, 1.807) is 19.3 Å². The highest BCUT2D eigenvalue weighted by atomic mass is 16.5. The Labute approximate surface area is 206 Å². The van der Waals surface area contributed by atoms with Crippen molar-refractivity contribution in [2.75, 3.05) is 34.8 Å². The standard InChI is InChI=1S/C28H32N4O3/c1-6-35-28(34)26-24(18-31(4)5)32(20-12-8-7-9-13-20)23-15-21(19-11-10-14-29-16-19)27(33)22(25(23)26)17-30(2)3/h7-16,33H,6,17-18H2,1-5H3. The molecule has 0 amide bonds. The fourth-order valence-electron chi connectivity index (χ4n) is 4.53. The van der Waals surface area contributed by atoms with Crippen molar-refractivity contribution in [1.82, 2.24) is 19.4 Å². The summed E-state index contributed by atoms with van der Waals surface area (Å²) in [5, 5.41) is 12.3. The van der Waals surface area contributed by atoms with Gasteiger partial charge in [-0.25, -0.2) is 4.79 Å². The molecule has 7 heteroatoms. The van der Waals surface area contributed by atoms with Crippen LogP contribution in [-0.2, 0) is 17.8 Å². The number of rotatable bonds is 8. The summed E-state index contributed by atoms with van der Waals surface area (Å²) in [6.45, 7) is 3.03. The summed E-state index contributed by atoms with van der Waals surface area (Å²) in [6.07, 6.45) is 3.45. The number of aromatic hydroxyl groups is 1. The molecule has 0 aliphatic heterocycles. The highest BCUT2D eigenvalue weighted by molar-refractivity contribution is 6.10. The number of fused-ring (bicyclic) bond motifs is 1. The Kier molecular flexibility index (Phi) is 7.19. The maximum atomic E-state index is 13.5. The van der Waals surface area contributed by atoms with Gasteiger partial charge in [0, 0.05) is 53.2 Å². The molecule has 0 aliphatic carbocycles. The van der Waals surface area contributed by atoms with Crippen molar-refractivity contribution in [1.29, 1.82) is 0 Å². The topological polar surface area (TPSA) is 70.8 Å². The summed E-state index contributed by atoms with van der Waals surface area (Å²) in [4.78, 5) is 21.7. The van der Waals surface area contributed by atoms with Crippen molar-refractivity contribution in [2.45, 2.75) is 20.0 Å². The van der Waals surface area contributed by atoms with Crippen LogP contribution in [0, 0.1) is 0 Å². The van der Waals surface area contributed by atoms with Crippen molar-refractivity contribution in [3.05, 3.63) is 77.7 Å². The van der Waals surface area contributed by atoms with Gasteiger partial charge < -0.3 is 24.2 Å².